The van der Waals surface area contributed by atoms with E-state index in [0.29, 0.717) is 28.6 Å². The smallest absolute Gasteiger partial charge is 0.239 e. The number of alkyl halides is 1. The molecule has 0 spiro atoms. The number of ether oxygens (including phenoxy) is 2. The number of methoxy groups -OCH3 is 2. The minimum Gasteiger partial charge on any atom is -0.497 e. The van der Waals surface area contributed by atoms with Crippen molar-refractivity contribution in [2.75, 3.05) is 36.1 Å². The van der Waals surface area contributed by atoms with Crippen LogP contribution in [-0.4, -0.2) is 37.7 Å². The van der Waals surface area contributed by atoms with E-state index in [1.54, 1.807) is 43.4 Å². The molecule has 2 aromatic carbocycles. The SMILES string of the molecule is COc1ccc(N2C(=O)CS[C@@H]2c2ccccc2NC(=O)CCl)c(OC)c1. The number of carbonyl (C=O) groups is 2. The van der Waals surface area contributed by atoms with Gasteiger partial charge < -0.3 is 14.8 Å². The fourth-order valence-corrected chi connectivity index (χ4v) is 4.18. The molecule has 1 saturated heterocycles. The number of benzene rings is 2. The molecule has 0 aliphatic carbocycles. The van der Waals surface area contributed by atoms with Gasteiger partial charge in [0.15, 0.2) is 0 Å². The molecule has 1 heterocycles. The van der Waals surface area contributed by atoms with Crippen molar-refractivity contribution in [2.24, 2.45) is 0 Å². The number of nitrogens with one attached hydrogen (secondary N) is 1. The van der Waals surface area contributed by atoms with Gasteiger partial charge in [0.2, 0.25) is 11.8 Å². The number of anilines is 2. The molecule has 0 unspecified atom stereocenters. The van der Waals surface area contributed by atoms with Gasteiger partial charge in [-0.2, -0.15) is 0 Å². The molecule has 1 aliphatic heterocycles. The lowest BCUT2D eigenvalue weighted by atomic mass is 10.1. The second-order valence-corrected chi connectivity index (χ2v) is 7.07. The lowest BCUT2D eigenvalue weighted by Gasteiger charge is -2.27. The van der Waals surface area contributed by atoms with E-state index in [1.807, 2.05) is 18.2 Å². The third kappa shape index (κ3) is 3.99. The van der Waals surface area contributed by atoms with E-state index >= 15 is 0 Å². The van der Waals surface area contributed by atoms with Crippen LogP contribution in [0.5, 0.6) is 11.5 Å². The molecule has 1 N–H and O–H groups in total. The molecule has 0 saturated carbocycles. The molecule has 6 nitrogen and oxygen atoms in total. The molecule has 1 atom stereocenters. The summed E-state index contributed by atoms with van der Waals surface area (Å²) in [5, 5.41) is 2.50. The normalized spacial score (nSPS) is 16.3. The monoisotopic (exact) mass is 406 g/mol. The Hall–Kier alpha value is -2.38. The average molecular weight is 407 g/mol. The Morgan fingerprint density at radius 1 is 1.26 bits per heavy atom. The molecule has 8 heteroatoms. The van der Waals surface area contributed by atoms with Gasteiger partial charge >= 0.3 is 0 Å². The maximum atomic E-state index is 12.7. The minimum atomic E-state index is -0.299. The molecular weight excluding hydrogens is 388 g/mol. The van der Waals surface area contributed by atoms with E-state index in [0.717, 1.165) is 5.56 Å². The highest BCUT2D eigenvalue weighted by Gasteiger charge is 2.37. The van der Waals surface area contributed by atoms with Gasteiger partial charge in [-0.3, -0.25) is 14.5 Å². The second-order valence-electron chi connectivity index (χ2n) is 5.73. The van der Waals surface area contributed by atoms with Gasteiger partial charge in [-0.15, -0.1) is 23.4 Å². The molecule has 2 amide bonds. The first-order chi connectivity index (χ1) is 13.1. The van der Waals surface area contributed by atoms with Crippen LogP contribution < -0.4 is 19.7 Å². The predicted octanol–water partition coefficient (Wildman–Crippen LogP) is 3.66. The van der Waals surface area contributed by atoms with Crippen LogP contribution in [0.2, 0.25) is 0 Å². The summed E-state index contributed by atoms with van der Waals surface area (Å²) >= 11 is 7.11. The fraction of sp³-hybridized carbons (Fsp3) is 0.263. The Kier molecular flexibility index (Phi) is 6.13. The lowest BCUT2D eigenvalue weighted by molar-refractivity contribution is -0.116. The molecule has 1 aliphatic rings. The number of thioether (sulfide) groups is 1. The van der Waals surface area contributed by atoms with Crippen LogP contribution in [0, 0.1) is 0 Å². The number of amides is 2. The van der Waals surface area contributed by atoms with Crippen molar-refractivity contribution in [3.8, 4) is 11.5 Å². The Bertz CT molecular complexity index is 861. The molecule has 0 radical (unpaired) electrons. The van der Waals surface area contributed by atoms with Crippen LogP contribution in [-0.2, 0) is 9.59 Å². The van der Waals surface area contributed by atoms with Crippen LogP contribution in [0.1, 0.15) is 10.9 Å². The highest BCUT2D eigenvalue weighted by atomic mass is 35.5. The highest BCUT2D eigenvalue weighted by molar-refractivity contribution is 8.00. The Morgan fingerprint density at radius 2 is 2.04 bits per heavy atom. The number of carbonyl (C=O) groups excluding carboxylic acids is 2. The van der Waals surface area contributed by atoms with Gasteiger partial charge in [0, 0.05) is 17.3 Å². The van der Waals surface area contributed by atoms with E-state index < -0.39 is 0 Å². The predicted molar refractivity (Wildman–Crippen MR) is 108 cm³/mol. The molecule has 142 valence electrons. The van der Waals surface area contributed by atoms with Crippen molar-refractivity contribution in [3.05, 3.63) is 48.0 Å². The van der Waals surface area contributed by atoms with Gasteiger partial charge in [-0.1, -0.05) is 18.2 Å². The van der Waals surface area contributed by atoms with Crippen molar-refractivity contribution in [3.63, 3.8) is 0 Å². The summed E-state index contributed by atoms with van der Waals surface area (Å²) in [5.74, 6) is 1.04. The average Bonchev–Trinajstić information content (AvgIpc) is 3.08. The molecule has 1 fully saturated rings. The van der Waals surface area contributed by atoms with Crippen LogP contribution in [0.4, 0.5) is 11.4 Å². The maximum Gasteiger partial charge on any atom is 0.239 e. The summed E-state index contributed by atoms with van der Waals surface area (Å²) in [5.41, 5.74) is 2.11. The van der Waals surface area contributed by atoms with Crippen LogP contribution >= 0.6 is 23.4 Å². The number of hydrogen-bond acceptors (Lipinski definition) is 5. The number of halogens is 1. The van der Waals surface area contributed by atoms with Gasteiger partial charge in [0.1, 0.15) is 22.8 Å². The zero-order valence-corrected chi connectivity index (χ0v) is 16.5. The second kappa shape index (κ2) is 8.54. The number of nitrogens with zero attached hydrogens (tertiary/aromatic N) is 1. The quantitative estimate of drug-likeness (QED) is 0.741. The van der Waals surface area contributed by atoms with Gasteiger partial charge in [-0.25, -0.2) is 0 Å². The summed E-state index contributed by atoms with van der Waals surface area (Å²) in [7, 11) is 3.12. The van der Waals surface area contributed by atoms with Crippen LogP contribution in [0.25, 0.3) is 0 Å². The van der Waals surface area contributed by atoms with Crippen LogP contribution in [0.3, 0.4) is 0 Å². The van der Waals surface area contributed by atoms with E-state index in [2.05, 4.69) is 5.32 Å². The topological polar surface area (TPSA) is 67.9 Å². The zero-order chi connectivity index (χ0) is 19.4. The summed E-state index contributed by atoms with van der Waals surface area (Å²) in [6, 6.07) is 12.7. The molecule has 0 aromatic heterocycles. The summed E-state index contributed by atoms with van der Waals surface area (Å²) in [6.07, 6.45) is 0. The van der Waals surface area contributed by atoms with Gasteiger partial charge in [-0.05, 0) is 18.2 Å². The summed E-state index contributed by atoms with van der Waals surface area (Å²) in [4.78, 5) is 26.1. The first-order valence-electron chi connectivity index (χ1n) is 8.19. The Balaban J connectivity index is 2.03. The van der Waals surface area contributed by atoms with Crippen molar-refractivity contribution < 1.29 is 19.1 Å². The first-order valence-corrected chi connectivity index (χ1v) is 9.77. The van der Waals surface area contributed by atoms with E-state index in [1.165, 1.54) is 11.8 Å². The van der Waals surface area contributed by atoms with Crippen LogP contribution in [0.15, 0.2) is 42.5 Å². The van der Waals surface area contributed by atoms with Crippen molar-refractivity contribution in [2.45, 2.75) is 5.37 Å². The molecular formula is C19H19ClN2O4S. The van der Waals surface area contributed by atoms with E-state index in [4.69, 9.17) is 21.1 Å². The molecule has 2 aromatic rings. The highest BCUT2D eigenvalue weighted by Crippen LogP contribution is 2.47. The third-order valence-corrected chi connectivity index (χ3v) is 5.57. The zero-order valence-electron chi connectivity index (χ0n) is 14.9. The molecule has 27 heavy (non-hydrogen) atoms. The first kappa shape index (κ1) is 19.4. The van der Waals surface area contributed by atoms with Crippen molar-refractivity contribution in [1.29, 1.82) is 0 Å². The maximum absolute atomic E-state index is 12.7. The standard InChI is InChI=1S/C19H19ClN2O4S/c1-25-12-7-8-15(16(9-12)26-2)22-18(24)11-27-19(22)13-5-3-4-6-14(13)21-17(23)10-20/h3-9,19H,10-11H2,1-2H3,(H,21,23)/t19-/m1/s1. The fourth-order valence-electron chi connectivity index (χ4n) is 2.91. The van der Waals surface area contributed by atoms with E-state index in [9.17, 15) is 9.59 Å². The third-order valence-electron chi connectivity index (χ3n) is 4.14. The van der Waals surface area contributed by atoms with Gasteiger partial charge in [0.05, 0.1) is 25.7 Å². The van der Waals surface area contributed by atoms with Gasteiger partial charge in [0.25, 0.3) is 0 Å². The number of hydrogen-bond donors (Lipinski definition) is 1. The van der Waals surface area contributed by atoms with Crippen molar-refractivity contribution >= 4 is 46.6 Å². The Morgan fingerprint density at radius 3 is 2.74 bits per heavy atom. The largest absolute Gasteiger partial charge is 0.497 e. The number of para-hydroxylation sites is 1. The molecule has 3 rings (SSSR count). The minimum absolute atomic E-state index is 0.0352. The van der Waals surface area contributed by atoms with Crippen molar-refractivity contribution in [1.82, 2.24) is 0 Å². The lowest BCUT2D eigenvalue weighted by Crippen LogP contribution is -2.29. The summed E-state index contributed by atoms with van der Waals surface area (Å²) in [6.45, 7) is 0. The molecule has 0 bridgehead atoms. The Labute approximate surface area is 166 Å². The summed E-state index contributed by atoms with van der Waals surface area (Å²) < 4.78 is 10.7. The number of rotatable bonds is 6. The van der Waals surface area contributed by atoms with E-state index in [-0.39, 0.29) is 23.1 Å².